The number of thioether (sulfide) groups is 1. The molecule has 18 heavy (non-hydrogen) atoms. The Morgan fingerprint density at radius 1 is 1.56 bits per heavy atom. The van der Waals surface area contributed by atoms with E-state index < -0.39 is 5.82 Å². The first kappa shape index (κ1) is 13.7. The Balaban J connectivity index is 1.93. The van der Waals surface area contributed by atoms with Gasteiger partial charge in [0, 0.05) is 10.9 Å². The Morgan fingerprint density at radius 2 is 2.33 bits per heavy atom. The number of amidine groups is 1. The van der Waals surface area contributed by atoms with Gasteiger partial charge in [-0.15, -0.1) is 0 Å². The Labute approximate surface area is 116 Å². The SMILES string of the molecule is CC(C)CC1CN=C(Nc2ccc(Cl)c(F)c2)S1. The van der Waals surface area contributed by atoms with E-state index in [2.05, 4.69) is 24.2 Å². The predicted molar refractivity (Wildman–Crippen MR) is 78.2 cm³/mol. The molecule has 0 saturated heterocycles. The molecule has 1 aromatic rings. The van der Waals surface area contributed by atoms with Crippen LogP contribution < -0.4 is 5.32 Å². The lowest BCUT2D eigenvalue weighted by Gasteiger charge is -2.11. The molecule has 1 aliphatic heterocycles. The number of benzene rings is 1. The Hall–Kier alpha value is -0.740. The van der Waals surface area contributed by atoms with Crippen molar-refractivity contribution in [3.8, 4) is 0 Å². The zero-order chi connectivity index (χ0) is 13.1. The number of nitrogens with one attached hydrogen (secondary N) is 1. The van der Waals surface area contributed by atoms with Gasteiger partial charge < -0.3 is 5.32 Å². The second kappa shape index (κ2) is 5.93. The van der Waals surface area contributed by atoms with Crippen LogP contribution in [0.4, 0.5) is 10.1 Å². The molecule has 0 spiro atoms. The maximum absolute atomic E-state index is 13.3. The van der Waals surface area contributed by atoms with Crippen molar-refractivity contribution in [1.82, 2.24) is 0 Å². The molecule has 0 fully saturated rings. The topological polar surface area (TPSA) is 24.4 Å². The minimum atomic E-state index is -0.413. The maximum Gasteiger partial charge on any atom is 0.161 e. The molecule has 1 heterocycles. The van der Waals surface area contributed by atoms with Crippen molar-refractivity contribution >= 4 is 34.2 Å². The van der Waals surface area contributed by atoms with Gasteiger partial charge in [-0.1, -0.05) is 37.2 Å². The van der Waals surface area contributed by atoms with Crippen LogP contribution in [-0.4, -0.2) is 17.0 Å². The molecule has 2 rings (SSSR count). The van der Waals surface area contributed by atoms with Crippen molar-refractivity contribution in [2.75, 3.05) is 11.9 Å². The maximum atomic E-state index is 13.3. The summed E-state index contributed by atoms with van der Waals surface area (Å²) in [6.45, 7) is 5.25. The fourth-order valence-electron chi connectivity index (χ4n) is 1.83. The molecule has 1 unspecified atom stereocenters. The molecule has 0 saturated carbocycles. The largest absolute Gasteiger partial charge is 0.335 e. The van der Waals surface area contributed by atoms with Gasteiger partial charge >= 0.3 is 0 Å². The quantitative estimate of drug-likeness (QED) is 0.890. The van der Waals surface area contributed by atoms with Crippen molar-refractivity contribution < 1.29 is 4.39 Å². The van der Waals surface area contributed by atoms with Crippen molar-refractivity contribution in [1.29, 1.82) is 0 Å². The minimum Gasteiger partial charge on any atom is -0.335 e. The number of halogens is 2. The Kier molecular flexibility index (Phi) is 4.51. The third-order valence-electron chi connectivity index (χ3n) is 2.62. The van der Waals surface area contributed by atoms with Crippen LogP contribution in [0.15, 0.2) is 23.2 Å². The third-order valence-corrected chi connectivity index (χ3v) is 4.06. The van der Waals surface area contributed by atoms with E-state index in [0.717, 1.165) is 18.1 Å². The summed E-state index contributed by atoms with van der Waals surface area (Å²) in [6, 6.07) is 4.69. The van der Waals surface area contributed by atoms with Crippen molar-refractivity contribution in [3.63, 3.8) is 0 Å². The van der Waals surface area contributed by atoms with Gasteiger partial charge in [-0.2, -0.15) is 0 Å². The van der Waals surface area contributed by atoms with Crippen LogP contribution in [0.5, 0.6) is 0 Å². The van der Waals surface area contributed by atoms with E-state index in [1.54, 1.807) is 23.9 Å². The summed E-state index contributed by atoms with van der Waals surface area (Å²) >= 11 is 7.37. The van der Waals surface area contributed by atoms with Crippen molar-refractivity contribution in [2.45, 2.75) is 25.5 Å². The number of hydrogen-bond donors (Lipinski definition) is 1. The lowest BCUT2D eigenvalue weighted by atomic mass is 10.1. The lowest BCUT2D eigenvalue weighted by molar-refractivity contribution is 0.575. The number of rotatable bonds is 3. The standard InChI is InChI=1S/C13H16ClFN2S/c1-8(2)5-10-7-16-13(18-10)17-9-3-4-11(14)12(15)6-9/h3-4,6,8,10H,5,7H2,1-2H3,(H,16,17). The number of hydrogen-bond acceptors (Lipinski definition) is 3. The van der Waals surface area contributed by atoms with Gasteiger partial charge in [-0.05, 0) is 30.5 Å². The first-order valence-corrected chi connectivity index (χ1v) is 7.23. The molecule has 0 aliphatic carbocycles. The molecule has 0 aromatic heterocycles. The van der Waals surface area contributed by atoms with Crippen LogP contribution in [-0.2, 0) is 0 Å². The highest BCUT2D eigenvalue weighted by Crippen LogP contribution is 2.28. The van der Waals surface area contributed by atoms with Gasteiger partial charge in [0.15, 0.2) is 5.17 Å². The summed E-state index contributed by atoms with van der Waals surface area (Å²) < 4.78 is 13.3. The van der Waals surface area contributed by atoms with E-state index in [4.69, 9.17) is 11.6 Å². The molecule has 5 heteroatoms. The normalized spacial score (nSPS) is 19.2. The van der Waals surface area contributed by atoms with Crippen LogP contribution in [0.25, 0.3) is 0 Å². The van der Waals surface area contributed by atoms with E-state index in [-0.39, 0.29) is 5.02 Å². The first-order chi connectivity index (χ1) is 8.54. The Morgan fingerprint density at radius 3 is 3.00 bits per heavy atom. The fourth-order valence-corrected chi connectivity index (χ4v) is 3.22. The molecule has 0 radical (unpaired) electrons. The number of anilines is 1. The van der Waals surface area contributed by atoms with E-state index in [1.807, 2.05) is 0 Å². The average Bonchev–Trinajstić information content (AvgIpc) is 2.70. The van der Waals surface area contributed by atoms with Crippen LogP contribution in [0, 0.1) is 11.7 Å². The molecule has 1 aliphatic rings. The van der Waals surface area contributed by atoms with Gasteiger partial charge in [-0.25, -0.2) is 4.39 Å². The lowest BCUT2D eigenvalue weighted by Crippen LogP contribution is -2.09. The summed E-state index contributed by atoms with van der Waals surface area (Å²) in [5.74, 6) is 0.258. The average molecular weight is 287 g/mol. The van der Waals surface area contributed by atoms with Crippen LogP contribution in [0.2, 0.25) is 5.02 Å². The van der Waals surface area contributed by atoms with Gasteiger partial charge in [-0.3, -0.25) is 4.99 Å². The van der Waals surface area contributed by atoms with Crippen LogP contribution in [0.3, 0.4) is 0 Å². The molecular weight excluding hydrogens is 271 g/mol. The highest BCUT2D eigenvalue weighted by Gasteiger charge is 2.20. The van der Waals surface area contributed by atoms with Crippen molar-refractivity contribution in [2.24, 2.45) is 10.9 Å². The molecule has 1 aromatic carbocycles. The third kappa shape index (κ3) is 3.62. The smallest absolute Gasteiger partial charge is 0.161 e. The second-order valence-electron chi connectivity index (χ2n) is 4.77. The first-order valence-electron chi connectivity index (χ1n) is 5.98. The molecule has 1 N–H and O–H groups in total. The highest BCUT2D eigenvalue weighted by molar-refractivity contribution is 8.15. The number of nitrogens with zero attached hydrogens (tertiary/aromatic N) is 1. The summed E-state index contributed by atoms with van der Waals surface area (Å²) in [5, 5.41) is 4.66. The van der Waals surface area contributed by atoms with E-state index >= 15 is 0 Å². The molecule has 0 amide bonds. The summed E-state index contributed by atoms with van der Waals surface area (Å²) in [5.41, 5.74) is 0.688. The minimum absolute atomic E-state index is 0.138. The van der Waals surface area contributed by atoms with Gasteiger partial charge in [0.2, 0.25) is 0 Å². The summed E-state index contributed by atoms with van der Waals surface area (Å²) in [4.78, 5) is 4.43. The van der Waals surface area contributed by atoms with E-state index in [0.29, 0.717) is 16.9 Å². The molecule has 2 nitrogen and oxygen atoms in total. The van der Waals surface area contributed by atoms with Crippen molar-refractivity contribution in [3.05, 3.63) is 29.0 Å². The van der Waals surface area contributed by atoms with Crippen LogP contribution in [0.1, 0.15) is 20.3 Å². The van der Waals surface area contributed by atoms with Gasteiger partial charge in [0.1, 0.15) is 5.82 Å². The van der Waals surface area contributed by atoms with E-state index in [9.17, 15) is 4.39 Å². The summed E-state index contributed by atoms with van der Waals surface area (Å²) in [7, 11) is 0. The molecule has 98 valence electrons. The molecule has 1 atom stereocenters. The summed E-state index contributed by atoms with van der Waals surface area (Å²) in [6.07, 6.45) is 1.15. The number of aliphatic imine (C=N–C) groups is 1. The zero-order valence-electron chi connectivity index (χ0n) is 10.4. The van der Waals surface area contributed by atoms with E-state index in [1.165, 1.54) is 6.07 Å². The van der Waals surface area contributed by atoms with Gasteiger partial charge in [0.05, 0.1) is 11.6 Å². The zero-order valence-corrected chi connectivity index (χ0v) is 12.0. The Bertz CT molecular complexity index is 462. The van der Waals surface area contributed by atoms with Gasteiger partial charge in [0.25, 0.3) is 0 Å². The molecule has 0 bridgehead atoms. The predicted octanol–water partition coefficient (Wildman–Crippen LogP) is 4.41. The fraction of sp³-hybridized carbons (Fsp3) is 0.462. The monoisotopic (exact) mass is 286 g/mol. The van der Waals surface area contributed by atoms with Crippen LogP contribution >= 0.6 is 23.4 Å². The molecular formula is C13H16ClFN2S. The second-order valence-corrected chi connectivity index (χ2v) is 6.47. The highest BCUT2D eigenvalue weighted by atomic mass is 35.5.